The minimum absolute atomic E-state index is 0.222. The maximum absolute atomic E-state index is 11.3. The molecule has 2 aromatic carbocycles. The summed E-state index contributed by atoms with van der Waals surface area (Å²) in [7, 11) is 0. The Morgan fingerprint density at radius 3 is 2.68 bits per heavy atom. The molecule has 0 atom stereocenters. The van der Waals surface area contributed by atoms with Gasteiger partial charge in [0, 0.05) is 5.02 Å². The van der Waals surface area contributed by atoms with Crippen molar-refractivity contribution < 1.29 is 14.6 Å². The molecular weight excluding hydrogens is 358 g/mol. The van der Waals surface area contributed by atoms with Crippen molar-refractivity contribution in [3.05, 3.63) is 69.2 Å². The van der Waals surface area contributed by atoms with Crippen molar-refractivity contribution in [3.8, 4) is 16.3 Å². The van der Waals surface area contributed by atoms with Crippen molar-refractivity contribution in [2.24, 2.45) is 0 Å². The molecule has 128 valence electrons. The SMILES string of the molecule is Cc1ccccc1COc1ccc(Cl)cc1-c1nc(C)c(C(=O)O)s1. The van der Waals surface area contributed by atoms with Gasteiger partial charge in [-0.15, -0.1) is 11.3 Å². The molecule has 3 aromatic rings. The Balaban J connectivity index is 1.95. The average Bonchev–Trinajstić information content (AvgIpc) is 2.97. The third-order valence-corrected chi connectivity index (χ3v) is 5.22. The zero-order valence-corrected chi connectivity index (χ0v) is 15.3. The number of thiazole rings is 1. The number of carboxylic acid groups (broad SMARTS) is 1. The fourth-order valence-corrected chi connectivity index (χ4v) is 3.53. The first-order valence-corrected chi connectivity index (χ1v) is 8.83. The third kappa shape index (κ3) is 3.83. The molecule has 0 amide bonds. The quantitative estimate of drug-likeness (QED) is 0.654. The van der Waals surface area contributed by atoms with E-state index in [4.69, 9.17) is 16.3 Å². The van der Waals surface area contributed by atoms with Crippen molar-refractivity contribution in [2.75, 3.05) is 0 Å². The van der Waals surface area contributed by atoms with Gasteiger partial charge in [0.15, 0.2) is 0 Å². The van der Waals surface area contributed by atoms with Gasteiger partial charge in [-0.1, -0.05) is 35.9 Å². The lowest BCUT2D eigenvalue weighted by Crippen LogP contribution is -1.99. The van der Waals surface area contributed by atoms with Gasteiger partial charge in [-0.2, -0.15) is 0 Å². The fourth-order valence-electron chi connectivity index (χ4n) is 2.43. The van der Waals surface area contributed by atoms with E-state index in [2.05, 4.69) is 4.98 Å². The maximum Gasteiger partial charge on any atom is 0.347 e. The number of hydrogen-bond acceptors (Lipinski definition) is 4. The van der Waals surface area contributed by atoms with E-state index < -0.39 is 5.97 Å². The van der Waals surface area contributed by atoms with Crippen LogP contribution in [-0.4, -0.2) is 16.1 Å². The van der Waals surface area contributed by atoms with Crippen molar-refractivity contribution >= 4 is 28.9 Å². The summed E-state index contributed by atoms with van der Waals surface area (Å²) in [6, 6.07) is 13.3. The summed E-state index contributed by atoms with van der Waals surface area (Å²) in [6.45, 7) is 4.13. The van der Waals surface area contributed by atoms with Gasteiger partial charge in [0.2, 0.25) is 0 Å². The smallest absolute Gasteiger partial charge is 0.347 e. The first-order chi connectivity index (χ1) is 12.0. The second-order valence-corrected chi connectivity index (χ2v) is 7.03. The number of aryl methyl sites for hydroxylation is 2. The second-order valence-electron chi connectivity index (χ2n) is 5.59. The Kier molecular flexibility index (Phi) is 5.06. The number of ether oxygens (including phenoxy) is 1. The van der Waals surface area contributed by atoms with Crippen LogP contribution < -0.4 is 4.74 Å². The van der Waals surface area contributed by atoms with Crippen LogP contribution in [0.1, 0.15) is 26.5 Å². The molecule has 0 aliphatic heterocycles. The van der Waals surface area contributed by atoms with E-state index >= 15 is 0 Å². The van der Waals surface area contributed by atoms with Gasteiger partial charge in [-0.05, 0) is 43.2 Å². The normalized spacial score (nSPS) is 10.7. The molecule has 6 heteroatoms. The second kappa shape index (κ2) is 7.25. The number of aromatic nitrogens is 1. The molecule has 0 aliphatic rings. The Hall–Kier alpha value is -2.37. The third-order valence-electron chi connectivity index (χ3n) is 3.81. The Morgan fingerprint density at radius 2 is 2.00 bits per heavy atom. The van der Waals surface area contributed by atoms with Crippen molar-refractivity contribution in [2.45, 2.75) is 20.5 Å². The molecular formula is C19H16ClNO3S. The highest BCUT2D eigenvalue weighted by atomic mass is 35.5. The van der Waals surface area contributed by atoms with E-state index in [0.717, 1.165) is 22.5 Å². The molecule has 1 N–H and O–H groups in total. The van der Waals surface area contributed by atoms with Crippen LogP contribution in [0.4, 0.5) is 0 Å². The van der Waals surface area contributed by atoms with Gasteiger partial charge < -0.3 is 9.84 Å². The first-order valence-electron chi connectivity index (χ1n) is 7.63. The lowest BCUT2D eigenvalue weighted by Gasteiger charge is -2.12. The van der Waals surface area contributed by atoms with Gasteiger partial charge in [0.25, 0.3) is 0 Å². The molecule has 0 spiro atoms. The molecule has 0 unspecified atom stereocenters. The van der Waals surface area contributed by atoms with Crippen LogP contribution in [0.25, 0.3) is 10.6 Å². The van der Waals surface area contributed by atoms with Gasteiger partial charge in [-0.25, -0.2) is 9.78 Å². The van der Waals surface area contributed by atoms with Crippen molar-refractivity contribution in [1.29, 1.82) is 0 Å². The summed E-state index contributed by atoms with van der Waals surface area (Å²) in [5.74, 6) is -0.357. The zero-order valence-electron chi connectivity index (χ0n) is 13.7. The first kappa shape index (κ1) is 17.5. The number of carbonyl (C=O) groups is 1. The lowest BCUT2D eigenvalue weighted by molar-refractivity contribution is 0.0701. The monoisotopic (exact) mass is 373 g/mol. The molecule has 0 bridgehead atoms. The van der Waals surface area contributed by atoms with E-state index in [1.54, 1.807) is 25.1 Å². The molecule has 0 aliphatic carbocycles. The number of benzene rings is 2. The van der Waals surface area contributed by atoms with Crippen LogP contribution >= 0.6 is 22.9 Å². The topological polar surface area (TPSA) is 59.4 Å². The van der Waals surface area contributed by atoms with E-state index in [0.29, 0.717) is 33.6 Å². The van der Waals surface area contributed by atoms with Gasteiger partial charge >= 0.3 is 5.97 Å². The predicted octanol–water partition coefficient (Wildman–Crippen LogP) is 5.36. The summed E-state index contributed by atoms with van der Waals surface area (Å²) >= 11 is 7.24. The zero-order chi connectivity index (χ0) is 18.0. The van der Waals surface area contributed by atoms with E-state index in [1.165, 1.54) is 0 Å². The Bertz CT molecular complexity index is 936. The van der Waals surface area contributed by atoms with Crippen LogP contribution in [0.3, 0.4) is 0 Å². The van der Waals surface area contributed by atoms with E-state index in [1.807, 2.05) is 31.2 Å². The minimum Gasteiger partial charge on any atom is -0.488 e. The summed E-state index contributed by atoms with van der Waals surface area (Å²) in [4.78, 5) is 15.9. The Labute approximate surface area is 154 Å². The number of aromatic carboxylic acids is 1. The molecule has 0 saturated carbocycles. The molecule has 1 heterocycles. The van der Waals surface area contributed by atoms with Crippen LogP contribution in [-0.2, 0) is 6.61 Å². The van der Waals surface area contributed by atoms with Crippen LogP contribution in [0.5, 0.6) is 5.75 Å². The van der Waals surface area contributed by atoms with Crippen molar-refractivity contribution in [3.63, 3.8) is 0 Å². The van der Waals surface area contributed by atoms with Crippen LogP contribution in [0, 0.1) is 13.8 Å². The van der Waals surface area contributed by atoms with E-state index in [-0.39, 0.29) is 4.88 Å². The summed E-state index contributed by atoms with van der Waals surface area (Å²) < 4.78 is 5.98. The highest BCUT2D eigenvalue weighted by molar-refractivity contribution is 7.17. The highest BCUT2D eigenvalue weighted by Gasteiger charge is 2.18. The van der Waals surface area contributed by atoms with Gasteiger partial charge in [0.05, 0.1) is 11.3 Å². The number of carboxylic acids is 1. The Morgan fingerprint density at radius 1 is 1.24 bits per heavy atom. The highest BCUT2D eigenvalue weighted by Crippen LogP contribution is 2.36. The molecule has 3 rings (SSSR count). The standard InChI is InChI=1S/C19H16ClNO3S/c1-11-5-3-4-6-13(11)10-24-16-8-7-14(20)9-15(16)18-21-12(2)17(25-18)19(22)23/h3-9H,10H2,1-2H3,(H,22,23). The molecule has 4 nitrogen and oxygen atoms in total. The van der Waals surface area contributed by atoms with Gasteiger partial charge in [-0.3, -0.25) is 0 Å². The van der Waals surface area contributed by atoms with Crippen molar-refractivity contribution in [1.82, 2.24) is 4.98 Å². The van der Waals surface area contributed by atoms with Gasteiger partial charge in [0.1, 0.15) is 22.2 Å². The van der Waals surface area contributed by atoms with Crippen LogP contribution in [0.15, 0.2) is 42.5 Å². The minimum atomic E-state index is -0.981. The summed E-state index contributed by atoms with van der Waals surface area (Å²) in [6.07, 6.45) is 0. The molecule has 0 saturated heterocycles. The molecule has 0 radical (unpaired) electrons. The van der Waals surface area contributed by atoms with Crippen LogP contribution in [0.2, 0.25) is 5.02 Å². The number of hydrogen-bond donors (Lipinski definition) is 1. The summed E-state index contributed by atoms with van der Waals surface area (Å²) in [5, 5.41) is 10.4. The number of nitrogens with zero attached hydrogens (tertiary/aromatic N) is 1. The molecule has 0 fully saturated rings. The number of rotatable bonds is 5. The summed E-state index contributed by atoms with van der Waals surface area (Å²) in [5.41, 5.74) is 3.42. The average molecular weight is 374 g/mol. The molecule has 1 aromatic heterocycles. The number of halogens is 1. The van der Waals surface area contributed by atoms with E-state index in [9.17, 15) is 9.90 Å². The fraction of sp³-hybridized carbons (Fsp3) is 0.158. The molecule has 25 heavy (non-hydrogen) atoms. The predicted molar refractivity (Wildman–Crippen MR) is 99.8 cm³/mol. The lowest BCUT2D eigenvalue weighted by atomic mass is 10.1. The largest absolute Gasteiger partial charge is 0.488 e. The maximum atomic E-state index is 11.3.